The predicted molar refractivity (Wildman–Crippen MR) is 98.1 cm³/mol. The average Bonchev–Trinajstić information content (AvgIpc) is 3.38. The number of hydrogen-bond acceptors (Lipinski definition) is 5. The lowest BCUT2D eigenvalue weighted by Crippen LogP contribution is -2.27. The van der Waals surface area contributed by atoms with E-state index in [9.17, 15) is 9.59 Å². The fourth-order valence-corrected chi connectivity index (χ4v) is 2.96. The molecule has 0 radical (unpaired) electrons. The van der Waals surface area contributed by atoms with E-state index < -0.39 is 0 Å². The largest absolute Gasteiger partial charge is 0.490 e. The van der Waals surface area contributed by atoms with Crippen molar-refractivity contribution in [1.29, 1.82) is 5.26 Å². The van der Waals surface area contributed by atoms with Crippen LogP contribution in [0.1, 0.15) is 46.2 Å². The van der Waals surface area contributed by atoms with Gasteiger partial charge in [0.15, 0.2) is 18.1 Å². The molecule has 7 heteroatoms. The number of carbonyl (C=O) groups excluding carboxylic acids is 2. The van der Waals surface area contributed by atoms with Crippen molar-refractivity contribution < 1.29 is 19.1 Å². The van der Waals surface area contributed by atoms with E-state index in [0.29, 0.717) is 34.9 Å². The minimum absolute atomic E-state index is 0.0850. The van der Waals surface area contributed by atoms with Crippen molar-refractivity contribution in [1.82, 2.24) is 9.88 Å². The van der Waals surface area contributed by atoms with E-state index in [1.165, 1.54) is 6.20 Å². The van der Waals surface area contributed by atoms with Crippen molar-refractivity contribution >= 4 is 11.7 Å². The summed E-state index contributed by atoms with van der Waals surface area (Å²) in [4.78, 5) is 29.4. The van der Waals surface area contributed by atoms with Gasteiger partial charge in [-0.25, -0.2) is 0 Å². The number of likely N-dealkylation sites (tertiary alicyclic amines) is 1. The number of nitrogens with zero attached hydrogens (tertiary/aromatic N) is 2. The second-order valence-corrected chi connectivity index (χ2v) is 6.22. The number of aromatic amines is 1. The Kier molecular flexibility index (Phi) is 5.77. The van der Waals surface area contributed by atoms with E-state index in [-0.39, 0.29) is 18.3 Å². The number of aromatic nitrogens is 1. The van der Waals surface area contributed by atoms with Crippen LogP contribution in [0.4, 0.5) is 0 Å². The maximum Gasteiger partial charge on any atom is 0.270 e. The lowest BCUT2D eigenvalue weighted by atomic mass is 10.2. The van der Waals surface area contributed by atoms with E-state index in [4.69, 9.17) is 14.7 Å². The van der Waals surface area contributed by atoms with Crippen LogP contribution in [0.2, 0.25) is 0 Å². The molecule has 1 aromatic carbocycles. The zero-order valence-electron chi connectivity index (χ0n) is 15.2. The van der Waals surface area contributed by atoms with Crippen LogP contribution in [0.25, 0.3) is 0 Å². The molecule has 0 bridgehead atoms. The molecule has 2 aromatic rings. The van der Waals surface area contributed by atoms with Crippen LogP contribution >= 0.6 is 0 Å². The van der Waals surface area contributed by atoms with Crippen molar-refractivity contribution in [2.24, 2.45) is 0 Å². The van der Waals surface area contributed by atoms with Crippen LogP contribution in [0.15, 0.2) is 30.5 Å². The first-order valence-electron chi connectivity index (χ1n) is 8.93. The van der Waals surface area contributed by atoms with Crippen LogP contribution < -0.4 is 9.47 Å². The summed E-state index contributed by atoms with van der Waals surface area (Å²) in [6, 6.07) is 8.39. The number of ether oxygens (including phenoxy) is 2. The topological polar surface area (TPSA) is 95.4 Å². The Morgan fingerprint density at radius 3 is 2.67 bits per heavy atom. The molecule has 3 rings (SSSR count). The van der Waals surface area contributed by atoms with E-state index in [0.717, 1.165) is 25.9 Å². The van der Waals surface area contributed by atoms with E-state index in [1.807, 2.05) is 13.0 Å². The molecule has 1 aliphatic heterocycles. The van der Waals surface area contributed by atoms with Crippen molar-refractivity contribution in [2.75, 3.05) is 26.3 Å². The van der Waals surface area contributed by atoms with Gasteiger partial charge in [-0.1, -0.05) is 0 Å². The number of Topliss-reactive ketones (excluding diaryl/α,β-unsaturated/α-hetero) is 1. The van der Waals surface area contributed by atoms with Gasteiger partial charge in [-0.3, -0.25) is 9.59 Å². The van der Waals surface area contributed by atoms with E-state index in [1.54, 1.807) is 29.2 Å². The number of nitrogens with one attached hydrogen (secondary N) is 1. The third-order valence-electron chi connectivity index (χ3n) is 4.36. The first-order valence-corrected chi connectivity index (χ1v) is 8.93. The Morgan fingerprint density at radius 2 is 1.96 bits per heavy atom. The Morgan fingerprint density at radius 1 is 1.19 bits per heavy atom. The van der Waals surface area contributed by atoms with Crippen LogP contribution in [0.5, 0.6) is 11.5 Å². The summed E-state index contributed by atoms with van der Waals surface area (Å²) in [6.45, 7) is 3.55. The fraction of sp³-hybridized carbons (Fsp3) is 0.350. The second kappa shape index (κ2) is 8.41. The highest BCUT2D eigenvalue weighted by Crippen LogP contribution is 2.28. The van der Waals surface area contributed by atoms with Crippen LogP contribution in [0.3, 0.4) is 0 Å². The third kappa shape index (κ3) is 4.29. The molecule has 0 saturated carbocycles. The zero-order chi connectivity index (χ0) is 19.2. The standard InChI is InChI=1S/C20H21N3O4/c1-2-26-19-9-14(11-21)5-6-18(19)27-13-17(24)15-10-16(22-12-15)20(25)23-7-3-4-8-23/h5-6,9-10,12,22H,2-4,7-8,13H2,1H3. The first kappa shape index (κ1) is 18.5. The quantitative estimate of drug-likeness (QED) is 0.759. The van der Waals surface area contributed by atoms with Gasteiger partial charge in [-0.05, 0) is 38.0 Å². The van der Waals surface area contributed by atoms with Crippen LogP contribution in [0, 0.1) is 11.3 Å². The van der Waals surface area contributed by atoms with Gasteiger partial charge < -0.3 is 19.4 Å². The van der Waals surface area contributed by atoms with Gasteiger partial charge in [-0.2, -0.15) is 5.26 Å². The highest BCUT2D eigenvalue weighted by Gasteiger charge is 2.22. The van der Waals surface area contributed by atoms with Crippen molar-refractivity contribution in [3.05, 3.63) is 47.3 Å². The maximum absolute atomic E-state index is 12.4. The van der Waals surface area contributed by atoms with Gasteiger partial charge in [0.1, 0.15) is 5.69 Å². The second-order valence-electron chi connectivity index (χ2n) is 6.22. The molecule has 1 amide bonds. The SMILES string of the molecule is CCOc1cc(C#N)ccc1OCC(=O)c1c[nH]c(C(=O)N2CCCC2)c1. The molecule has 27 heavy (non-hydrogen) atoms. The van der Waals surface area contributed by atoms with Gasteiger partial charge in [0.25, 0.3) is 5.91 Å². The Labute approximate surface area is 157 Å². The lowest BCUT2D eigenvalue weighted by molar-refractivity contribution is 0.0787. The zero-order valence-corrected chi connectivity index (χ0v) is 15.2. The molecule has 0 atom stereocenters. The number of amides is 1. The van der Waals surface area contributed by atoms with E-state index >= 15 is 0 Å². The summed E-state index contributed by atoms with van der Waals surface area (Å²) >= 11 is 0. The highest BCUT2D eigenvalue weighted by atomic mass is 16.5. The predicted octanol–water partition coefficient (Wildman–Crippen LogP) is 2.78. The van der Waals surface area contributed by atoms with Gasteiger partial charge in [-0.15, -0.1) is 0 Å². The number of hydrogen-bond donors (Lipinski definition) is 1. The Balaban J connectivity index is 1.64. The van der Waals surface area contributed by atoms with Crippen molar-refractivity contribution in [3.8, 4) is 17.6 Å². The summed E-state index contributed by atoms with van der Waals surface area (Å²) in [7, 11) is 0. The number of nitriles is 1. The number of rotatable bonds is 7. The molecular weight excluding hydrogens is 346 g/mol. The normalized spacial score (nSPS) is 13.3. The Bertz CT molecular complexity index is 876. The first-order chi connectivity index (χ1) is 13.1. The molecule has 140 valence electrons. The monoisotopic (exact) mass is 367 g/mol. The van der Waals surface area contributed by atoms with Gasteiger partial charge >= 0.3 is 0 Å². The lowest BCUT2D eigenvalue weighted by Gasteiger charge is -2.13. The number of carbonyl (C=O) groups is 2. The molecule has 2 heterocycles. The van der Waals surface area contributed by atoms with Gasteiger partial charge in [0.05, 0.1) is 18.2 Å². The smallest absolute Gasteiger partial charge is 0.270 e. The molecule has 0 unspecified atom stereocenters. The molecule has 1 saturated heterocycles. The summed E-state index contributed by atoms with van der Waals surface area (Å²) in [5, 5.41) is 8.98. The molecule has 1 N–H and O–H groups in total. The van der Waals surface area contributed by atoms with Crippen molar-refractivity contribution in [3.63, 3.8) is 0 Å². The maximum atomic E-state index is 12.4. The molecule has 0 spiro atoms. The molecule has 1 aromatic heterocycles. The van der Waals surface area contributed by atoms with Crippen molar-refractivity contribution in [2.45, 2.75) is 19.8 Å². The average molecular weight is 367 g/mol. The number of ketones is 1. The van der Waals surface area contributed by atoms with Gasteiger partial charge in [0, 0.05) is 30.9 Å². The molecule has 0 aliphatic carbocycles. The summed E-state index contributed by atoms with van der Waals surface area (Å²) in [5.41, 5.74) is 1.26. The number of benzene rings is 1. The molecule has 1 aliphatic rings. The highest BCUT2D eigenvalue weighted by molar-refractivity contribution is 6.01. The summed E-state index contributed by atoms with van der Waals surface area (Å²) < 4.78 is 11.0. The van der Waals surface area contributed by atoms with Crippen LogP contribution in [-0.2, 0) is 0 Å². The molecule has 7 nitrogen and oxygen atoms in total. The van der Waals surface area contributed by atoms with E-state index in [2.05, 4.69) is 4.98 Å². The number of H-pyrrole nitrogens is 1. The molecular formula is C20H21N3O4. The fourth-order valence-electron chi connectivity index (χ4n) is 2.96. The minimum Gasteiger partial charge on any atom is -0.490 e. The van der Waals surface area contributed by atoms with Gasteiger partial charge in [0.2, 0.25) is 5.78 Å². The Hall–Kier alpha value is -3.27. The minimum atomic E-state index is -0.251. The summed E-state index contributed by atoms with van der Waals surface area (Å²) in [6.07, 6.45) is 3.55. The summed E-state index contributed by atoms with van der Waals surface area (Å²) in [5.74, 6) is 0.480. The molecule has 1 fully saturated rings. The third-order valence-corrected chi connectivity index (χ3v) is 4.36. The van der Waals surface area contributed by atoms with Crippen LogP contribution in [-0.4, -0.2) is 47.9 Å².